The van der Waals surface area contributed by atoms with Crippen LogP contribution in [-0.4, -0.2) is 24.0 Å². The quantitative estimate of drug-likeness (QED) is 0.847. The van der Waals surface area contributed by atoms with Crippen molar-refractivity contribution in [2.24, 2.45) is 0 Å². The fraction of sp³-hybridized carbons (Fsp3) is 0.556. The van der Waals surface area contributed by atoms with Crippen molar-refractivity contribution in [3.05, 3.63) is 35.5 Å². The van der Waals surface area contributed by atoms with E-state index in [9.17, 15) is 4.79 Å². The van der Waals surface area contributed by atoms with E-state index >= 15 is 0 Å². The molecular weight excluding hydrogens is 274 g/mol. The summed E-state index contributed by atoms with van der Waals surface area (Å²) in [6.45, 7) is 6.61. The van der Waals surface area contributed by atoms with E-state index in [0.29, 0.717) is 6.54 Å². The van der Waals surface area contributed by atoms with Crippen molar-refractivity contribution in [1.82, 2.24) is 10.3 Å². The maximum atomic E-state index is 11.9. The van der Waals surface area contributed by atoms with Gasteiger partial charge in [0.2, 0.25) is 5.91 Å². The molecule has 0 aliphatic carbocycles. The lowest BCUT2D eigenvalue weighted by Crippen LogP contribution is -2.25. The lowest BCUT2D eigenvalue weighted by atomic mass is 10.2. The van der Waals surface area contributed by atoms with Crippen LogP contribution in [0.1, 0.15) is 51.5 Å². The van der Waals surface area contributed by atoms with Crippen LogP contribution < -0.4 is 10.2 Å². The monoisotopic (exact) mass is 301 g/mol. The first-order valence-electron chi connectivity index (χ1n) is 8.35. The number of amides is 1. The smallest absolute Gasteiger partial charge is 0.246 e. The summed E-state index contributed by atoms with van der Waals surface area (Å²) in [6.07, 6.45) is 9.85. The summed E-state index contributed by atoms with van der Waals surface area (Å²) in [7, 11) is 0. The van der Waals surface area contributed by atoms with Crippen molar-refractivity contribution in [2.45, 2.75) is 52.5 Å². The minimum Gasteiger partial charge on any atom is -0.357 e. The van der Waals surface area contributed by atoms with E-state index in [1.807, 2.05) is 26.1 Å². The van der Waals surface area contributed by atoms with Crippen molar-refractivity contribution in [1.29, 1.82) is 0 Å². The van der Waals surface area contributed by atoms with Gasteiger partial charge in [-0.05, 0) is 37.8 Å². The largest absolute Gasteiger partial charge is 0.357 e. The fourth-order valence-corrected chi connectivity index (χ4v) is 2.73. The lowest BCUT2D eigenvalue weighted by molar-refractivity contribution is -0.117. The molecule has 1 fully saturated rings. The van der Waals surface area contributed by atoms with Crippen molar-refractivity contribution in [3.8, 4) is 0 Å². The van der Waals surface area contributed by atoms with E-state index in [1.54, 1.807) is 0 Å². The normalized spacial score (nSPS) is 16.3. The Morgan fingerprint density at radius 1 is 1.27 bits per heavy atom. The number of nitrogens with one attached hydrogen (secondary N) is 1. The van der Waals surface area contributed by atoms with Gasteiger partial charge in [0.05, 0.1) is 0 Å². The Kier molecular flexibility index (Phi) is 6.44. The number of carbonyl (C=O) groups is 1. The van der Waals surface area contributed by atoms with Crippen LogP contribution in [0.5, 0.6) is 0 Å². The molecule has 1 saturated heterocycles. The van der Waals surface area contributed by atoms with Crippen molar-refractivity contribution >= 4 is 11.7 Å². The molecule has 1 N–H and O–H groups in total. The molecule has 4 nitrogen and oxygen atoms in total. The number of hydrogen-bond acceptors (Lipinski definition) is 3. The summed E-state index contributed by atoms with van der Waals surface area (Å²) in [5.41, 5.74) is 1.81. The molecule has 22 heavy (non-hydrogen) atoms. The zero-order valence-corrected chi connectivity index (χ0v) is 13.8. The van der Waals surface area contributed by atoms with Crippen molar-refractivity contribution in [3.63, 3.8) is 0 Å². The highest BCUT2D eigenvalue weighted by atomic mass is 16.1. The number of rotatable bonds is 5. The first-order valence-corrected chi connectivity index (χ1v) is 8.35. The third-order valence-electron chi connectivity index (χ3n) is 4.06. The number of pyridine rings is 1. The third-order valence-corrected chi connectivity index (χ3v) is 4.06. The number of nitrogens with zero attached hydrogens (tertiary/aromatic N) is 2. The molecule has 0 aromatic carbocycles. The molecular formula is C18H27N3O. The van der Waals surface area contributed by atoms with Crippen LogP contribution in [0.3, 0.4) is 0 Å². The first-order chi connectivity index (χ1) is 10.7. The van der Waals surface area contributed by atoms with Crippen LogP contribution in [0.2, 0.25) is 0 Å². The van der Waals surface area contributed by atoms with E-state index in [1.165, 1.54) is 25.7 Å². The molecule has 0 atom stereocenters. The molecule has 120 valence electrons. The number of aromatic nitrogens is 1. The second-order valence-corrected chi connectivity index (χ2v) is 5.90. The van der Waals surface area contributed by atoms with E-state index in [-0.39, 0.29) is 5.91 Å². The van der Waals surface area contributed by atoms with Gasteiger partial charge in [-0.1, -0.05) is 31.9 Å². The molecule has 0 spiro atoms. The molecule has 1 aliphatic heterocycles. The van der Waals surface area contributed by atoms with Gasteiger partial charge in [0, 0.05) is 31.4 Å². The Morgan fingerprint density at radius 2 is 2.00 bits per heavy atom. The SMILES string of the molecule is CC/C=C(\C)C(=O)NCc1ccc(N2CCCCCC2)nc1. The van der Waals surface area contributed by atoms with Crippen LogP contribution in [0.4, 0.5) is 5.82 Å². The van der Waals surface area contributed by atoms with E-state index in [4.69, 9.17) is 0 Å². The van der Waals surface area contributed by atoms with Gasteiger partial charge in [-0.3, -0.25) is 4.79 Å². The molecule has 1 aliphatic rings. The lowest BCUT2D eigenvalue weighted by Gasteiger charge is -2.21. The Hall–Kier alpha value is -1.84. The molecule has 2 rings (SSSR count). The van der Waals surface area contributed by atoms with Crippen molar-refractivity contribution < 1.29 is 4.79 Å². The average Bonchev–Trinajstić information content (AvgIpc) is 2.82. The maximum Gasteiger partial charge on any atom is 0.246 e. The molecule has 0 radical (unpaired) electrons. The molecule has 0 bridgehead atoms. The van der Waals surface area contributed by atoms with Gasteiger partial charge in [0.1, 0.15) is 5.82 Å². The van der Waals surface area contributed by atoms with Gasteiger partial charge in [0.15, 0.2) is 0 Å². The Morgan fingerprint density at radius 3 is 2.59 bits per heavy atom. The minimum atomic E-state index is -0.00144. The Bertz CT molecular complexity index is 500. The fourth-order valence-electron chi connectivity index (χ4n) is 2.73. The summed E-state index contributed by atoms with van der Waals surface area (Å²) < 4.78 is 0. The second kappa shape index (κ2) is 8.57. The van der Waals surface area contributed by atoms with Gasteiger partial charge in [0.25, 0.3) is 0 Å². The Labute approximate surface area is 133 Å². The highest BCUT2D eigenvalue weighted by molar-refractivity contribution is 5.92. The third kappa shape index (κ3) is 4.86. The van der Waals surface area contributed by atoms with Gasteiger partial charge < -0.3 is 10.2 Å². The summed E-state index contributed by atoms with van der Waals surface area (Å²) in [4.78, 5) is 18.8. The van der Waals surface area contributed by atoms with E-state index in [2.05, 4.69) is 27.3 Å². The second-order valence-electron chi connectivity index (χ2n) is 5.90. The number of anilines is 1. The van der Waals surface area contributed by atoms with Crippen LogP contribution in [0.15, 0.2) is 30.0 Å². The number of carbonyl (C=O) groups excluding carboxylic acids is 1. The Balaban J connectivity index is 1.89. The van der Waals surface area contributed by atoms with Crippen LogP contribution >= 0.6 is 0 Å². The van der Waals surface area contributed by atoms with Gasteiger partial charge in [-0.2, -0.15) is 0 Å². The van der Waals surface area contributed by atoms with E-state index in [0.717, 1.165) is 36.5 Å². The topological polar surface area (TPSA) is 45.2 Å². The predicted octanol–water partition coefficient (Wildman–Crippen LogP) is 3.43. The zero-order chi connectivity index (χ0) is 15.8. The van der Waals surface area contributed by atoms with Gasteiger partial charge in [-0.25, -0.2) is 4.98 Å². The molecule has 1 aromatic heterocycles. The van der Waals surface area contributed by atoms with Gasteiger partial charge >= 0.3 is 0 Å². The maximum absolute atomic E-state index is 11.9. The summed E-state index contributed by atoms with van der Waals surface area (Å²) >= 11 is 0. The summed E-state index contributed by atoms with van der Waals surface area (Å²) in [5.74, 6) is 1.05. The van der Waals surface area contributed by atoms with Crippen LogP contribution in [0, 0.1) is 0 Å². The number of allylic oxidation sites excluding steroid dienone is 1. The predicted molar refractivity (Wildman–Crippen MR) is 90.8 cm³/mol. The van der Waals surface area contributed by atoms with Crippen molar-refractivity contribution in [2.75, 3.05) is 18.0 Å². The molecule has 0 saturated carbocycles. The zero-order valence-electron chi connectivity index (χ0n) is 13.8. The molecule has 2 heterocycles. The highest BCUT2D eigenvalue weighted by Gasteiger charge is 2.11. The molecule has 0 unspecified atom stereocenters. The summed E-state index contributed by atoms with van der Waals surface area (Å²) in [6, 6.07) is 4.13. The van der Waals surface area contributed by atoms with Crippen LogP contribution in [0.25, 0.3) is 0 Å². The molecule has 4 heteroatoms. The van der Waals surface area contributed by atoms with Crippen LogP contribution in [-0.2, 0) is 11.3 Å². The minimum absolute atomic E-state index is 0.00144. The first kappa shape index (κ1) is 16.5. The number of hydrogen-bond donors (Lipinski definition) is 1. The summed E-state index contributed by atoms with van der Waals surface area (Å²) in [5, 5.41) is 2.93. The molecule has 1 amide bonds. The van der Waals surface area contributed by atoms with E-state index < -0.39 is 0 Å². The molecule has 1 aromatic rings. The highest BCUT2D eigenvalue weighted by Crippen LogP contribution is 2.17. The van der Waals surface area contributed by atoms with Gasteiger partial charge in [-0.15, -0.1) is 0 Å². The standard InChI is InChI=1S/C18H27N3O/c1-3-8-15(2)18(22)20-14-16-9-10-17(19-13-16)21-11-6-4-5-7-12-21/h8-10,13H,3-7,11-12,14H2,1-2H3,(H,20,22)/b15-8+. The average molecular weight is 301 g/mol.